The van der Waals surface area contributed by atoms with Crippen molar-refractivity contribution in [1.29, 1.82) is 0 Å². The molecule has 0 radical (unpaired) electrons. The van der Waals surface area contributed by atoms with Gasteiger partial charge in [0.15, 0.2) is 0 Å². The van der Waals surface area contributed by atoms with E-state index in [0.717, 1.165) is 16.7 Å². The first-order chi connectivity index (χ1) is 11.1. The molecule has 1 unspecified atom stereocenters. The molecule has 1 aromatic rings. The Balaban J connectivity index is 2.42. The zero-order valence-corrected chi connectivity index (χ0v) is 15.8. The van der Waals surface area contributed by atoms with Crippen molar-refractivity contribution in [2.24, 2.45) is 5.92 Å². The van der Waals surface area contributed by atoms with Gasteiger partial charge in [0, 0.05) is 12.1 Å². The summed E-state index contributed by atoms with van der Waals surface area (Å²) >= 11 is 0. The largest absolute Gasteiger partial charge is 0.466 e. The molecule has 0 saturated carbocycles. The van der Waals surface area contributed by atoms with Crippen LogP contribution in [0.5, 0.6) is 0 Å². The van der Waals surface area contributed by atoms with Gasteiger partial charge in [0.1, 0.15) is 0 Å². The summed E-state index contributed by atoms with van der Waals surface area (Å²) < 4.78 is 32.4. The van der Waals surface area contributed by atoms with Gasteiger partial charge in [0.05, 0.1) is 18.0 Å². The fraction of sp³-hybridized carbons (Fsp3) is 0.500. The minimum absolute atomic E-state index is 0.143. The molecule has 5 nitrogen and oxygen atoms in total. The van der Waals surface area contributed by atoms with Crippen molar-refractivity contribution < 1.29 is 17.9 Å². The first kappa shape index (κ1) is 18.7. The summed E-state index contributed by atoms with van der Waals surface area (Å²) in [5.41, 5.74) is 2.53. The Bertz CT molecular complexity index is 757. The molecule has 1 heterocycles. The third kappa shape index (κ3) is 3.39. The highest BCUT2D eigenvalue weighted by molar-refractivity contribution is 7.89. The average molecular weight is 351 g/mol. The molecule has 0 aromatic heterocycles. The van der Waals surface area contributed by atoms with Crippen molar-refractivity contribution in [3.63, 3.8) is 0 Å². The van der Waals surface area contributed by atoms with Crippen LogP contribution in [0.1, 0.15) is 30.5 Å². The predicted octanol–water partition coefficient (Wildman–Crippen LogP) is 2.74. The molecule has 132 valence electrons. The molecule has 1 fully saturated rings. The first-order valence-corrected chi connectivity index (χ1v) is 9.42. The molecule has 1 aromatic carbocycles. The number of carbonyl (C=O) groups is 1. The summed E-state index contributed by atoms with van der Waals surface area (Å²) in [7, 11) is -2.31. The highest BCUT2D eigenvalue weighted by Crippen LogP contribution is 2.42. The molecule has 1 saturated heterocycles. The highest BCUT2D eigenvalue weighted by Gasteiger charge is 2.55. The van der Waals surface area contributed by atoms with E-state index in [4.69, 9.17) is 0 Å². The van der Waals surface area contributed by atoms with E-state index in [2.05, 4.69) is 4.74 Å². The number of methoxy groups -OCH3 is 1. The van der Waals surface area contributed by atoms with Crippen LogP contribution < -0.4 is 0 Å². The Morgan fingerprint density at radius 1 is 1.21 bits per heavy atom. The number of benzene rings is 1. The normalized spacial score (nSPS) is 23.7. The van der Waals surface area contributed by atoms with Crippen molar-refractivity contribution in [3.8, 4) is 0 Å². The molecule has 1 aliphatic heterocycles. The van der Waals surface area contributed by atoms with E-state index >= 15 is 0 Å². The summed E-state index contributed by atoms with van der Waals surface area (Å²) in [6.07, 6.45) is 2.91. The number of nitrogens with zero attached hydrogens (tertiary/aromatic N) is 1. The van der Waals surface area contributed by atoms with Crippen molar-refractivity contribution >= 4 is 16.0 Å². The fourth-order valence-electron chi connectivity index (χ4n) is 3.38. The number of ether oxygens (including phenoxy) is 1. The molecule has 0 aliphatic carbocycles. The lowest BCUT2D eigenvalue weighted by molar-refractivity contribution is -0.134. The standard InChI is InChI=1S/C18H25NO4S/c1-11(2)17-15(7-8-16(20)23-6)19(17)24(21,22)18-13(4)9-12(3)10-14(18)5/h7-11,15,17H,1-6H3/b8-7-/t15-,17+,19?/m1/s1. The topological polar surface area (TPSA) is 63.5 Å². The second kappa shape index (κ2) is 6.69. The number of esters is 1. The van der Waals surface area contributed by atoms with Gasteiger partial charge < -0.3 is 4.74 Å². The molecule has 1 aliphatic rings. The molecule has 2 rings (SSSR count). The third-order valence-corrected chi connectivity index (χ3v) is 6.50. The number of rotatable bonds is 5. The average Bonchev–Trinajstić information content (AvgIpc) is 3.18. The van der Waals surface area contributed by atoms with Gasteiger partial charge in [-0.2, -0.15) is 4.31 Å². The van der Waals surface area contributed by atoms with Crippen LogP contribution >= 0.6 is 0 Å². The van der Waals surface area contributed by atoms with E-state index in [9.17, 15) is 13.2 Å². The maximum atomic E-state index is 13.2. The van der Waals surface area contributed by atoms with Gasteiger partial charge >= 0.3 is 5.97 Å². The highest BCUT2D eigenvalue weighted by atomic mass is 32.2. The number of carbonyl (C=O) groups excluding carboxylic acids is 1. The summed E-state index contributed by atoms with van der Waals surface area (Å²) in [6, 6.07) is 3.31. The molecule has 0 spiro atoms. The Kier molecular flexibility index (Phi) is 5.20. The molecule has 0 amide bonds. The Labute approximate surface area is 144 Å². The van der Waals surface area contributed by atoms with Crippen LogP contribution in [0.3, 0.4) is 0 Å². The number of hydrogen-bond donors (Lipinski definition) is 0. The quantitative estimate of drug-likeness (QED) is 0.465. The van der Waals surface area contributed by atoms with E-state index in [0.29, 0.717) is 4.90 Å². The van der Waals surface area contributed by atoms with Crippen LogP contribution in [0.25, 0.3) is 0 Å². The van der Waals surface area contributed by atoms with E-state index in [1.165, 1.54) is 17.5 Å². The van der Waals surface area contributed by atoms with Crippen LogP contribution in [-0.2, 0) is 19.6 Å². The predicted molar refractivity (Wildman–Crippen MR) is 93.2 cm³/mol. The van der Waals surface area contributed by atoms with Gasteiger partial charge in [-0.25, -0.2) is 13.2 Å². The minimum Gasteiger partial charge on any atom is -0.466 e. The van der Waals surface area contributed by atoms with Crippen molar-refractivity contribution in [3.05, 3.63) is 41.0 Å². The monoisotopic (exact) mass is 351 g/mol. The molecule has 0 N–H and O–H groups in total. The lowest BCUT2D eigenvalue weighted by atomic mass is 10.1. The van der Waals surface area contributed by atoms with Crippen LogP contribution in [0.2, 0.25) is 0 Å². The molecular formula is C18H25NO4S. The van der Waals surface area contributed by atoms with Crippen LogP contribution in [0.4, 0.5) is 0 Å². The summed E-state index contributed by atoms with van der Waals surface area (Å²) in [4.78, 5) is 11.7. The first-order valence-electron chi connectivity index (χ1n) is 7.98. The third-order valence-electron chi connectivity index (χ3n) is 4.30. The van der Waals surface area contributed by atoms with Crippen molar-refractivity contribution in [2.75, 3.05) is 7.11 Å². The minimum atomic E-state index is -3.61. The lowest BCUT2D eigenvalue weighted by Crippen LogP contribution is -2.19. The van der Waals surface area contributed by atoms with Crippen LogP contribution in [0, 0.1) is 26.7 Å². The van der Waals surface area contributed by atoms with Gasteiger partial charge in [0.25, 0.3) is 0 Å². The van der Waals surface area contributed by atoms with Gasteiger partial charge in [-0.05, 0) is 37.8 Å². The maximum Gasteiger partial charge on any atom is 0.330 e. The number of sulfonamides is 1. The number of hydrogen-bond acceptors (Lipinski definition) is 4. The molecular weight excluding hydrogens is 326 g/mol. The van der Waals surface area contributed by atoms with Crippen molar-refractivity contribution in [2.45, 2.75) is 51.6 Å². The maximum absolute atomic E-state index is 13.2. The fourth-order valence-corrected chi connectivity index (χ4v) is 5.67. The lowest BCUT2D eigenvalue weighted by Gasteiger charge is -2.14. The summed E-state index contributed by atoms with van der Waals surface area (Å²) in [5, 5.41) is 0. The van der Waals surface area contributed by atoms with E-state index in [-0.39, 0.29) is 18.0 Å². The number of aryl methyl sites for hydroxylation is 3. The van der Waals surface area contributed by atoms with Crippen molar-refractivity contribution in [1.82, 2.24) is 4.31 Å². The van der Waals surface area contributed by atoms with E-state index < -0.39 is 16.0 Å². The van der Waals surface area contributed by atoms with Gasteiger partial charge in [-0.3, -0.25) is 0 Å². The Hall–Kier alpha value is -1.66. The van der Waals surface area contributed by atoms with Gasteiger partial charge in [-0.1, -0.05) is 37.6 Å². The zero-order valence-electron chi connectivity index (χ0n) is 15.0. The summed E-state index contributed by atoms with van der Waals surface area (Å²) in [6.45, 7) is 9.55. The van der Waals surface area contributed by atoms with Gasteiger partial charge in [0.2, 0.25) is 10.0 Å². The van der Waals surface area contributed by atoms with Crippen LogP contribution in [-0.4, -0.2) is 37.9 Å². The second-order valence-corrected chi connectivity index (χ2v) is 8.45. The van der Waals surface area contributed by atoms with E-state index in [1.807, 2.05) is 46.8 Å². The summed E-state index contributed by atoms with van der Waals surface area (Å²) in [5.74, 6) is -0.331. The molecule has 3 atom stereocenters. The smallest absolute Gasteiger partial charge is 0.330 e. The van der Waals surface area contributed by atoms with E-state index in [1.54, 1.807) is 6.08 Å². The zero-order chi connectivity index (χ0) is 18.2. The molecule has 0 bridgehead atoms. The van der Waals surface area contributed by atoms with Gasteiger partial charge in [-0.15, -0.1) is 0 Å². The van der Waals surface area contributed by atoms with Crippen LogP contribution in [0.15, 0.2) is 29.2 Å². The SMILES string of the molecule is COC(=O)/C=C\[C@@H]1[C@H](C(C)C)N1S(=O)(=O)c1c(C)cc(C)cc1C. The Morgan fingerprint density at radius 3 is 2.21 bits per heavy atom. The molecule has 24 heavy (non-hydrogen) atoms. The second-order valence-electron chi connectivity index (χ2n) is 6.67. The Morgan fingerprint density at radius 2 is 1.75 bits per heavy atom. The molecule has 6 heteroatoms.